The lowest BCUT2D eigenvalue weighted by Gasteiger charge is -2.12. The third-order valence-electron chi connectivity index (χ3n) is 2.44. The highest BCUT2D eigenvalue weighted by Crippen LogP contribution is 2.33. The third-order valence-corrected chi connectivity index (χ3v) is 4.77. The summed E-state index contributed by atoms with van der Waals surface area (Å²) in [5, 5.41) is 1.15. The van der Waals surface area contributed by atoms with Crippen molar-refractivity contribution < 1.29 is 8.42 Å². The molecule has 4 nitrogen and oxygen atoms in total. The van der Waals surface area contributed by atoms with Crippen LogP contribution in [-0.2, 0) is 10.0 Å². The summed E-state index contributed by atoms with van der Waals surface area (Å²) >= 11 is 23.4. The molecule has 0 spiro atoms. The molecule has 112 valence electrons. The molecule has 2 aromatic rings. The first-order valence-electron chi connectivity index (χ1n) is 5.47. The second kappa shape index (κ2) is 6.60. The van der Waals surface area contributed by atoms with Crippen molar-refractivity contribution in [3.63, 3.8) is 0 Å². The minimum atomic E-state index is -3.79. The van der Waals surface area contributed by atoms with Crippen molar-refractivity contribution >= 4 is 62.1 Å². The summed E-state index contributed by atoms with van der Waals surface area (Å²) in [7, 11) is -3.79. The molecule has 0 saturated heterocycles. The molecule has 2 aromatic carbocycles. The Hall–Kier alpha value is -0.690. The average molecular weight is 386 g/mol. The lowest BCUT2D eigenvalue weighted by molar-refractivity contribution is 0.588. The highest BCUT2D eigenvalue weighted by Gasteiger charge is 2.15. The van der Waals surface area contributed by atoms with Crippen molar-refractivity contribution in [3.8, 4) is 0 Å². The molecular weight excluding hydrogens is 378 g/mol. The summed E-state index contributed by atoms with van der Waals surface area (Å²) in [4.78, 5) is 2.22. The van der Waals surface area contributed by atoms with Crippen molar-refractivity contribution in [3.05, 3.63) is 56.5 Å². The molecule has 21 heavy (non-hydrogen) atoms. The topological polar surface area (TPSA) is 58.2 Å². The lowest BCUT2D eigenvalue weighted by atomic mass is 10.3. The molecule has 0 amide bonds. The highest BCUT2D eigenvalue weighted by atomic mass is 35.5. The Labute approximate surface area is 142 Å². The van der Waals surface area contributed by atoms with Crippen molar-refractivity contribution in [1.82, 2.24) is 4.83 Å². The molecule has 0 unspecified atom stereocenters. The Morgan fingerprint density at radius 1 is 0.810 bits per heavy atom. The molecular formula is C12H8Cl4N2O2S. The van der Waals surface area contributed by atoms with Gasteiger partial charge in [0.1, 0.15) is 0 Å². The van der Waals surface area contributed by atoms with E-state index in [0.717, 1.165) is 0 Å². The van der Waals surface area contributed by atoms with Gasteiger partial charge in [0.2, 0.25) is 0 Å². The predicted octanol–water partition coefficient (Wildman–Crippen LogP) is 4.61. The monoisotopic (exact) mass is 384 g/mol. The van der Waals surface area contributed by atoms with Crippen molar-refractivity contribution in [2.24, 2.45) is 0 Å². The molecule has 0 aromatic heterocycles. The van der Waals surface area contributed by atoms with Crippen LogP contribution in [0.5, 0.6) is 0 Å². The maximum atomic E-state index is 12.1. The molecule has 9 heteroatoms. The summed E-state index contributed by atoms with van der Waals surface area (Å²) < 4.78 is 24.2. The van der Waals surface area contributed by atoms with Crippen LogP contribution < -0.4 is 10.3 Å². The minimum absolute atomic E-state index is 0.0422. The van der Waals surface area contributed by atoms with Gasteiger partial charge >= 0.3 is 0 Å². The van der Waals surface area contributed by atoms with E-state index < -0.39 is 10.0 Å². The molecule has 0 saturated carbocycles. The van der Waals surface area contributed by atoms with Gasteiger partial charge in [-0.15, -0.1) is 4.83 Å². The molecule has 0 bridgehead atoms. The van der Waals surface area contributed by atoms with Gasteiger partial charge in [-0.3, -0.25) is 0 Å². The zero-order valence-electron chi connectivity index (χ0n) is 10.2. The summed E-state index contributed by atoms with van der Waals surface area (Å²) in [6.45, 7) is 0. The number of anilines is 1. The fraction of sp³-hybridized carbons (Fsp3) is 0. The number of benzene rings is 2. The van der Waals surface area contributed by atoms with E-state index in [0.29, 0.717) is 10.0 Å². The van der Waals surface area contributed by atoms with Gasteiger partial charge in [-0.25, -0.2) is 8.42 Å². The largest absolute Gasteiger partial charge is 0.305 e. The quantitative estimate of drug-likeness (QED) is 0.755. The van der Waals surface area contributed by atoms with Crippen LogP contribution in [0.3, 0.4) is 0 Å². The Morgan fingerprint density at radius 2 is 1.33 bits per heavy atom. The molecule has 0 radical (unpaired) electrons. The number of halogens is 4. The van der Waals surface area contributed by atoms with Crippen LogP contribution in [0.15, 0.2) is 41.3 Å². The second-order valence-corrected chi connectivity index (χ2v) is 7.30. The summed E-state index contributed by atoms with van der Waals surface area (Å²) in [5.41, 5.74) is 2.68. The number of hydrazine groups is 1. The van der Waals surface area contributed by atoms with Crippen molar-refractivity contribution in [1.29, 1.82) is 0 Å². The van der Waals surface area contributed by atoms with Gasteiger partial charge in [0.05, 0.1) is 20.6 Å². The fourth-order valence-electron chi connectivity index (χ4n) is 1.45. The number of rotatable bonds is 4. The van der Waals surface area contributed by atoms with Crippen LogP contribution in [0.25, 0.3) is 0 Å². The van der Waals surface area contributed by atoms with Gasteiger partial charge in [-0.2, -0.15) is 0 Å². The summed E-state index contributed by atoms with van der Waals surface area (Å²) in [6, 6.07) is 8.56. The van der Waals surface area contributed by atoms with Gasteiger partial charge in [0.25, 0.3) is 10.0 Å². The molecule has 0 fully saturated rings. The first-order chi connectivity index (χ1) is 9.79. The molecule has 0 heterocycles. The van der Waals surface area contributed by atoms with Gasteiger partial charge in [-0.1, -0.05) is 46.4 Å². The maximum absolute atomic E-state index is 12.1. The van der Waals surface area contributed by atoms with E-state index in [1.807, 2.05) is 0 Å². The summed E-state index contributed by atoms with van der Waals surface area (Å²) in [5.74, 6) is 0. The average Bonchev–Trinajstić information content (AvgIpc) is 2.37. The molecule has 0 atom stereocenters. The molecule has 0 aliphatic rings. The van der Waals surface area contributed by atoms with Gasteiger partial charge < -0.3 is 5.43 Å². The van der Waals surface area contributed by atoms with E-state index >= 15 is 0 Å². The SMILES string of the molecule is O=S(=O)(NNc1c(Cl)cc(Cl)cc1Cl)c1ccc(Cl)cc1. The highest BCUT2D eigenvalue weighted by molar-refractivity contribution is 7.89. The maximum Gasteiger partial charge on any atom is 0.257 e. The van der Waals surface area contributed by atoms with Crippen molar-refractivity contribution in [2.45, 2.75) is 4.90 Å². The Balaban J connectivity index is 2.21. The zero-order valence-corrected chi connectivity index (χ0v) is 14.0. The normalized spacial score (nSPS) is 11.4. The Morgan fingerprint density at radius 3 is 1.86 bits per heavy atom. The standard InChI is InChI=1S/C12H8Cl4N2O2S/c13-7-1-3-9(4-2-7)21(19,20)18-17-12-10(15)5-8(14)6-11(12)16/h1-6,17-18H. The number of sulfonamides is 1. The van der Waals surface area contributed by atoms with Crippen LogP contribution >= 0.6 is 46.4 Å². The van der Waals surface area contributed by atoms with E-state index in [1.165, 1.54) is 36.4 Å². The van der Waals surface area contributed by atoms with E-state index in [9.17, 15) is 8.42 Å². The first kappa shape index (κ1) is 16.7. The second-order valence-electron chi connectivity index (χ2n) is 3.93. The third kappa shape index (κ3) is 4.16. The summed E-state index contributed by atoms with van der Waals surface area (Å²) in [6.07, 6.45) is 0. The first-order valence-corrected chi connectivity index (χ1v) is 8.47. The molecule has 2 N–H and O–H groups in total. The molecule has 0 aliphatic carbocycles. The smallest absolute Gasteiger partial charge is 0.257 e. The number of hydrogen-bond acceptors (Lipinski definition) is 3. The van der Waals surface area contributed by atoms with E-state index in [1.54, 1.807) is 0 Å². The predicted molar refractivity (Wildman–Crippen MR) is 86.9 cm³/mol. The van der Waals surface area contributed by atoms with E-state index in [2.05, 4.69) is 10.3 Å². The van der Waals surface area contributed by atoms with Gasteiger partial charge in [0, 0.05) is 10.0 Å². The van der Waals surface area contributed by atoms with E-state index in [-0.39, 0.29) is 20.6 Å². The van der Waals surface area contributed by atoms with Crippen LogP contribution in [-0.4, -0.2) is 8.42 Å². The van der Waals surface area contributed by atoms with Crippen molar-refractivity contribution in [2.75, 3.05) is 5.43 Å². The van der Waals surface area contributed by atoms with Crippen LogP contribution in [0.4, 0.5) is 5.69 Å². The Bertz CT molecular complexity index is 740. The lowest BCUT2D eigenvalue weighted by Crippen LogP contribution is -2.29. The number of nitrogens with one attached hydrogen (secondary N) is 2. The number of hydrogen-bond donors (Lipinski definition) is 2. The van der Waals surface area contributed by atoms with Crippen LogP contribution in [0.2, 0.25) is 20.1 Å². The Kier molecular flexibility index (Phi) is 5.24. The van der Waals surface area contributed by atoms with Gasteiger partial charge in [0.15, 0.2) is 0 Å². The van der Waals surface area contributed by atoms with Crippen LogP contribution in [0.1, 0.15) is 0 Å². The zero-order chi connectivity index (χ0) is 15.6. The molecule has 2 rings (SSSR count). The fourth-order valence-corrected chi connectivity index (χ4v) is 3.34. The van der Waals surface area contributed by atoms with E-state index in [4.69, 9.17) is 46.4 Å². The molecule has 0 aliphatic heterocycles. The van der Waals surface area contributed by atoms with Gasteiger partial charge in [-0.05, 0) is 36.4 Å². The minimum Gasteiger partial charge on any atom is -0.305 e. The van der Waals surface area contributed by atoms with Crippen LogP contribution in [0, 0.1) is 0 Å².